The smallest absolute Gasteiger partial charge is 0.231 e. The van der Waals surface area contributed by atoms with Gasteiger partial charge in [-0.05, 0) is 29.8 Å². The van der Waals surface area contributed by atoms with Crippen LogP contribution in [0.15, 0.2) is 47.5 Å². The van der Waals surface area contributed by atoms with Crippen LogP contribution < -0.4 is 14.4 Å². The number of hydrogen-bond acceptors (Lipinski definition) is 7. The molecule has 2 aromatic rings. The van der Waals surface area contributed by atoms with Gasteiger partial charge in [0.1, 0.15) is 5.82 Å². The van der Waals surface area contributed by atoms with E-state index >= 15 is 0 Å². The number of benzene rings is 2. The first-order valence-electron chi connectivity index (χ1n) is 8.83. The van der Waals surface area contributed by atoms with Crippen molar-refractivity contribution in [2.45, 2.75) is 17.8 Å². The lowest BCUT2D eigenvalue weighted by Gasteiger charge is -2.26. The van der Waals surface area contributed by atoms with Gasteiger partial charge in [-0.2, -0.15) is 0 Å². The second-order valence-corrected chi connectivity index (χ2v) is 10.0. The maximum atomic E-state index is 13.1. The number of sulfone groups is 1. The summed E-state index contributed by atoms with van der Waals surface area (Å²) < 4.78 is 48.3. The molecule has 0 radical (unpaired) electrons. The van der Waals surface area contributed by atoms with Crippen molar-refractivity contribution >= 4 is 32.5 Å². The molecule has 2 aromatic carbocycles. The van der Waals surface area contributed by atoms with Gasteiger partial charge in [0.05, 0.1) is 23.6 Å². The van der Waals surface area contributed by atoms with Gasteiger partial charge in [-0.25, -0.2) is 12.8 Å². The zero-order chi connectivity index (χ0) is 19.3. The van der Waals surface area contributed by atoms with Gasteiger partial charge < -0.3 is 14.4 Å². The van der Waals surface area contributed by atoms with Crippen LogP contribution in [0.5, 0.6) is 11.5 Å². The zero-order valence-corrected chi connectivity index (χ0v) is 16.4. The topological polar surface area (TPSA) is 68.2 Å². The molecule has 9 heteroatoms. The van der Waals surface area contributed by atoms with Gasteiger partial charge in [0, 0.05) is 17.5 Å². The predicted octanol–water partition coefficient (Wildman–Crippen LogP) is 2.83. The maximum Gasteiger partial charge on any atom is 0.231 e. The summed E-state index contributed by atoms with van der Waals surface area (Å²) in [5.41, 5.74) is 1.81. The molecule has 1 saturated heterocycles. The Labute approximate surface area is 166 Å². The van der Waals surface area contributed by atoms with Gasteiger partial charge in [-0.1, -0.05) is 23.9 Å². The summed E-state index contributed by atoms with van der Waals surface area (Å²) in [5, 5.41) is 0.771. The molecule has 0 spiro atoms. The number of halogens is 1. The minimum atomic E-state index is -3.11. The van der Waals surface area contributed by atoms with E-state index in [4.69, 9.17) is 14.5 Å². The molecule has 28 heavy (non-hydrogen) atoms. The van der Waals surface area contributed by atoms with E-state index in [0.29, 0.717) is 17.3 Å². The average Bonchev–Trinajstić information content (AvgIpc) is 3.32. The first-order valence-corrected chi connectivity index (χ1v) is 11.6. The molecule has 0 amide bonds. The average molecular weight is 420 g/mol. The lowest BCUT2D eigenvalue weighted by atomic mass is 10.1. The lowest BCUT2D eigenvalue weighted by molar-refractivity contribution is 0.174. The zero-order valence-electron chi connectivity index (χ0n) is 14.7. The molecule has 3 heterocycles. The summed E-state index contributed by atoms with van der Waals surface area (Å²) >= 11 is 1.52. The number of nitrogens with zero attached hydrogens (tertiary/aromatic N) is 2. The lowest BCUT2D eigenvalue weighted by Crippen LogP contribution is -2.39. The highest BCUT2D eigenvalue weighted by atomic mass is 32.2. The van der Waals surface area contributed by atoms with Gasteiger partial charge >= 0.3 is 0 Å². The largest absolute Gasteiger partial charge is 0.454 e. The number of amidine groups is 1. The van der Waals surface area contributed by atoms with Crippen molar-refractivity contribution in [3.8, 4) is 11.5 Å². The Balaban J connectivity index is 1.44. The fourth-order valence-corrected chi connectivity index (χ4v) is 6.62. The van der Waals surface area contributed by atoms with Crippen molar-refractivity contribution in [2.75, 3.05) is 23.2 Å². The Morgan fingerprint density at radius 2 is 1.89 bits per heavy atom. The molecule has 6 nitrogen and oxygen atoms in total. The molecule has 0 bridgehead atoms. The molecule has 5 rings (SSSR count). The normalized spacial score (nSPS) is 24.3. The van der Waals surface area contributed by atoms with Crippen LogP contribution in [-0.2, 0) is 15.6 Å². The van der Waals surface area contributed by atoms with Crippen molar-refractivity contribution in [1.82, 2.24) is 0 Å². The Morgan fingerprint density at radius 1 is 1.11 bits per heavy atom. The minimum Gasteiger partial charge on any atom is -0.454 e. The van der Waals surface area contributed by atoms with E-state index in [1.165, 1.54) is 23.9 Å². The van der Waals surface area contributed by atoms with Crippen LogP contribution >= 0.6 is 11.8 Å². The first kappa shape index (κ1) is 17.8. The minimum absolute atomic E-state index is 0.0688. The molecular formula is C19H17FN2O4S2. The Hall–Kier alpha value is -2.26. The van der Waals surface area contributed by atoms with Gasteiger partial charge in [0.25, 0.3) is 0 Å². The van der Waals surface area contributed by atoms with Crippen LogP contribution in [0.4, 0.5) is 10.1 Å². The third-order valence-corrected chi connectivity index (χ3v) is 7.76. The number of ether oxygens (including phenoxy) is 2. The van der Waals surface area contributed by atoms with E-state index in [1.807, 2.05) is 23.1 Å². The molecule has 2 atom stereocenters. The number of aliphatic imine (C=N–C) groups is 1. The highest BCUT2D eigenvalue weighted by molar-refractivity contribution is 8.13. The van der Waals surface area contributed by atoms with Crippen LogP contribution in [0.3, 0.4) is 0 Å². The molecule has 0 aliphatic carbocycles. The van der Waals surface area contributed by atoms with Crippen LogP contribution in [0.2, 0.25) is 0 Å². The third-order valence-electron chi connectivity index (χ3n) is 5.02. The van der Waals surface area contributed by atoms with E-state index < -0.39 is 9.84 Å². The summed E-state index contributed by atoms with van der Waals surface area (Å²) in [4.78, 5) is 6.70. The van der Waals surface area contributed by atoms with Crippen molar-refractivity contribution in [3.63, 3.8) is 0 Å². The first-order chi connectivity index (χ1) is 13.5. The molecule has 0 saturated carbocycles. The molecule has 3 aliphatic rings. The number of anilines is 1. The Kier molecular flexibility index (Phi) is 4.24. The van der Waals surface area contributed by atoms with Gasteiger partial charge in [-0.15, -0.1) is 0 Å². The SMILES string of the molecule is O=S1(=O)C[C@@H]2[C@@H](C1)N=C(SCc1ccc(F)cc1)N2c1ccc2c(c1)OCO2. The van der Waals surface area contributed by atoms with Crippen LogP contribution in [-0.4, -0.2) is 44.0 Å². The van der Waals surface area contributed by atoms with Gasteiger partial charge in [0.2, 0.25) is 6.79 Å². The highest BCUT2D eigenvalue weighted by Crippen LogP contribution is 2.40. The van der Waals surface area contributed by atoms with Crippen LogP contribution in [0.1, 0.15) is 5.56 Å². The van der Waals surface area contributed by atoms with Crippen molar-refractivity contribution in [1.29, 1.82) is 0 Å². The number of rotatable bonds is 3. The van der Waals surface area contributed by atoms with Gasteiger partial charge in [0.15, 0.2) is 26.5 Å². The number of thioether (sulfide) groups is 1. The summed E-state index contributed by atoms with van der Waals surface area (Å²) in [7, 11) is -3.11. The van der Waals surface area contributed by atoms with E-state index in [0.717, 1.165) is 16.4 Å². The fourth-order valence-electron chi connectivity index (χ4n) is 3.70. The van der Waals surface area contributed by atoms with E-state index in [-0.39, 0.29) is 36.2 Å². The Bertz CT molecular complexity index is 1060. The summed E-state index contributed by atoms with van der Waals surface area (Å²) in [6, 6.07) is 11.5. The Morgan fingerprint density at radius 3 is 2.71 bits per heavy atom. The predicted molar refractivity (Wildman–Crippen MR) is 106 cm³/mol. The van der Waals surface area contributed by atoms with Crippen molar-refractivity contribution in [2.24, 2.45) is 4.99 Å². The highest BCUT2D eigenvalue weighted by Gasteiger charge is 2.47. The van der Waals surface area contributed by atoms with E-state index in [1.54, 1.807) is 12.1 Å². The second kappa shape index (κ2) is 6.66. The number of fused-ring (bicyclic) bond motifs is 2. The molecule has 0 N–H and O–H groups in total. The number of hydrogen-bond donors (Lipinski definition) is 0. The molecule has 0 unspecified atom stereocenters. The van der Waals surface area contributed by atoms with Crippen molar-refractivity contribution in [3.05, 3.63) is 53.8 Å². The van der Waals surface area contributed by atoms with Crippen molar-refractivity contribution < 1.29 is 22.3 Å². The summed E-state index contributed by atoms with van der Waals surface area (Å²) in [6.07, 6.45) is 0. The van der Waals surface area contributed by atoms with E-state index in [2.05, 4.69) is 0 Å². The standard InChI is InChI=1S/C19H17FN2O4S2/c20-13-3-1-12(2-4-13)8-27-19-21-15-9-28(23,24)10-16(15)22(19)14-5-6-17-18(7-14)26-11-25-17/h1-7,15-16H,8-11H2/t15-,16-/m1/s1. The summed E-state index contributed by atoms with van der Waals surface area (Å²) in [6.45, 7) is 0.180. The fraction of sp³-hybridized carbons (Fsp3) is 0.316. The van der Waals surface area contributed by atoms with E-state index in [9.17, 15) is 12.8 Å². The van der Waals surface area contributed by atoms with Gasteiger partial charge in [-0.3, -0.25) is 4.99 Å². The maximum absolute atomic E-state index is 13.1. The third kappa shape index (κ3) is 3.22. The second-order valence-electron chi connectivity index (χ2n) is 6.95. The molecule has 146 valence electrons. The quantitative estimate of drug-likeness (QED) is 0.761. The molecule has 3 aliphatic heterocycles. The summed E-state index contributed by atoms with van der Waals surface area (Å²) in [5.74, 6) is 1.82. The molecule has 0 aromatic heterocycles. The molecular weight excluding hydrogens is 403 g/mol. The van der Waals surface area contributed by atoms with Crippen LogP contribution in [0.25, 0.3) is 0 Å². The molecule has 1 fully saturated rings. The van der Waals surface area contributed by atoms with Crippen LogP contribution in [0, 0.1) is 5.82 Å². The monoisotopic (exact) mass is 420 g/mol.